The molecular weight excluding hydrogens is 603 g/mol. The molecule has 3 heterocycles. The van der Waals surface area contributed by atoms with Crippen molar-refractivity contribution in [1.82, 2.24) is 19.3 Å². The van der Waals surface area contributed by atoms with Crippen LogP contribution in [0.5, 0.6) is 0 Å². The Labute approximate surface area is 210 Å². The Bertz CT molecular complexity index is 1540. The molecule has 0 unspecified atom stereocenters. The van der Waals surface area contributed by atoms with Crippen molar-refractivity contribution in [2.75, 3.05) is 17.7 Å². The van der Waals surface area contributed by atoms with Crippen molar-refractivity contribution in [3.63, 3.8) is 0 Å². The molecule has 0 fully saturated rings. The Hall–Kier alpha value is -2.75. The number of hydrogen-bond acceptors (Lipinski definition) is 8. The Balaban J connectivity index is 1.54. The fourth-order valence-electron chi connectivity index (χ4n) is 2.87. The van der Waals surface area contributed by atoms with Crippen LogP contribution in [0.3, 0.4) is 0 Å². The molecule has 0 atom stereocenters. The number of nitrogens with one attached hydrogen (secondary N) is 3. The summed E-state index contributed by atoms with van der Waals surface area (Å²) < 4.78 is 28.7. The lowest BCUT2D eigenvalue weighted by molar-refractivity contribution is 0.256. The largest absolute Gasteiger partial charge is 0.387 e. The van der Waals surface area contributed by atoms with Gasteiger partial charge >= 0.3 is 6.03 Å². The lowest BCUT2D eigenvalue weighted by atomic mass is 10.2. The number of fused-ring (bicyclic) bond motifs is 1. The predicted molar refractivity (Wildman–Crippen MR) is 136 cm³/mol. The van der Waals surface area contributed by atoms with Gasteiger partial charge in [0, 0.05) is 16.3 Å². The van der Waals surface area contributed by atoms with Crippen LogP contribution in [0.2, 0.25) is 4.34 Å². The van der Waals surface area contributed by atoms with E-state index in [9.17, 15) is 18.0 Å². The van der Waals surface area contributed by atoms with Gasteiger partial charge in [-0.1, -0.05) is 11.6 Å². The molecule has 170 valence electrons. The van der Waals surface area contributed by atoms with E-state index in [2.05, 4.69) is 43.2 Å². The molecule has 3 aromatic heterocycles. The second-order valence-corrected chi connectivity index (χ2v) is 11.3. The van der Waals surface area contributed by atoms with Gasteiger partial charge in [0.2, 0.25) is 0 Å². The van der Waals surface area contributed by atoms with Gasteiger partial charge in [-0.25, -0.2) is 27.9 Å². The van der Waals surface area contributed by atoms with Crippen LogP contribution in [-0.4, -0.2) is 36.0 Å². The number of thiophene rings is 1. The van der Waals surface area contributed by atoms with Crippen molar-refractivity contribution in [3.8, 4) is 5.82 Å². The highest BCUT2D eigenvalue weighted by Gasteiger charge is 2.20. The molecule has 0 saturated heterocycles. The quantitative estimate of drug-likeness (QED) is 0.291. The Morgan fingerprint density at radius 2 is 1.97 bits per heavy atom. The first kappa shape index (κ1) is 23.4. The van der Waals surface area contributed by atoms with Crippen molar-refractivity contribution in [3.05, 3.63) is 67.2 Å². The number of nitrogens with zero attached hydrogens (tertiary/aromatic N) is 3. The molecule has 4 aromatic rings. The van der Waals surface area contributed by atoms with E-state index in [1.807, 2.05) is 4.72 Å². The minimum absolute atomic E-state index is 0.0872. The summed E-state index contributed by atoms with van der Waals surface area (Å²) in [6.07, 6.45) is 2.67. The number of benzene rings is 1. The van der Waals surface area contributed by atoms with E-state index in [0.717, 1.165) is 20.6 Å². The van der Waals surface area contributed by atoms with E-state index in [0.29, 0.717) is 10.9 Å². The number of pyridine rings is 1. The number of carbonyl (C=O) groups excluding carboxylic acids is 1. The average molecular weight is 617 g/mol. The zero-order valence-corrected chi connectivity index (χ0v) is 21.2. The first-order valence-electron chi connectivity index (χ1n) is 9.12. The van der Waals surface area contributed by atoms with Crippen LogP contribution >= 0.6 is 45.5 Å². The van der Waals surface area contributed by atoms with Crippen molar-refractivity contribution < 1.29 is 13.2 Å². The smallest absolute Gasteiger partial charge is 0.333 e. The number of aromatic nitrogens is 3. The Morgan fingerprint density at radius 1 is 1.18 bits per heavy atom. The third kappa shape index (κ3) is 4.95. The van der Waals surface area contributed by atoms with Crippen molar-refractivity contribution in [2.45, 2.75) is 4.21 Å². The summed E-state index contributed by atoms with van der Waals surface area (Å²) >= 11 is 8.71. The summed E-state index contributed by atoms with van der Waals surface area (Å²) in [4.78, 5) is 33.6. The number of hydrogen-bond donors (Lipinski definition) is 3. The number of sulfonamides is 1. The highest BCUT2D eigenvalue weighted by molar-refractivity contribution is 14.1. The number of rotatable bonds is 5. The minimum atomic E-state index is -4.05. The van der Waals surface area contributed by atoms with Gasteiger partial charge in [0.25, 0.3) is 15.6 Å². The van der Waals surface area contributed by atoms with Gasteiger partial charge in [-0.05, 0) is 59.0 Å². The van der Waals surface area contributed by atoms with Gasteiger partial charge in [0.1, 0.15) is 16.4 Å². The van der Waals surface area contributed by atoms with Gasteiger partial charge in [-0.2, -0.15) is 0 Å². The van der Waals surface area contributed by atoms with Crippen molar-refractivity contribution >= 4 is 83.9 Å². The molecule has 0 radical (unpaired) electrons. The first-order chi connectivity index (χ1) is 15.7. The van der Waals surface area contributed by atoms with Gasteiger partial charge in [0.05, 0.1) is 27.1 Å². The molecule has 1 aromatic carbocycles. The highest BCUT2D eigenvalue weighted by Crippen LogP contribution is 2.25. The molecule has 2 amide bonds. The fraction of sp³-hybridized carbons (Fsp3) is 0.0526. The average Bonchev–Trinajstić information content (AvgIpc) is 3.22. The van der Waals surface area contributed by atoms with E-state index >= 15 is 0 Å². The maximum Gasteiger partial charge on any atom is 0.333 e. The molecule has 4 rings (SSSR count). The SMILES string of the molecule is CNc1cc2ncn(-c3ccc(NC(=O)NS(=O)(=O)c4ccc(Cl)s4)cn3)c(=O)c2cc1I. The fourth-order valence-corrected chi connectivity index (χ4v) is 6.00. The van der Waals surface area contributed by atoms with E-state index in [4.69, 9.17) is 11.6 Å². The van der Waals surface area contributed by atoms with Crippen LogP contribution in [0.25, 0.3) is 16.7 Å². The van der Waals surface area contributed by atoms with Crippen LogP contribution in [0.4, 0.5) is 16.2 Å². The van der Waals surface area contributed by atoms with E-state index in [1.165, 1.54) is 41.4 Å². The molecule has 10 nitrogen and oxygen atoms in total. The molecule has 0 aliphatic heterocycles. The molecular formula is C19H14ClIN6O4S2. The van der Waals surface area contributed by atoms with Gasteiger partial charge in [-0.15, -0.1) is 11.3 Å². The number of carbonyl (C=O) groups is 1. The molecule has 33 heavy (non-hydrogen) atoms. The third-order valence-electron chi connectivity index (χ3n) is 4.41. The van der Waals surface area contributed by atoms with E-state index < -0.39 is 16.1 Å². The molecule has 0 bridgehead atoms. The second-order valence-electron chi connectivity index (χ2n) is 6.54. The maximum absolute atomic E-state index is 12.9. The minimum Gasteiger partial charge on any atom is -0.387 e. The number of anilines is 2. The van der Waals surface area contributed by atoms with E-state index in [1.54, 1.807) is 19.2 Å². The second kappa shape index (κ2) is 9.24. The summed E-state index contributed by atoms with van der Waals surface area (Å²) in [6, 6.07) is 8.29. The Kier molecular flexibility index (Phi) is 6.56. The summed E-state index contributed by atoms with van der Waals surface area (Å²) in [5.74, 6) is 0.286. The molecule has 14 heteroatoms. The number of halogens is 2. The zero-order valence-electron chi connectivity index (χ0n) is 16.7. The zero-order chi connectivity index (χ0) is 23.8. The van der Waals surface area contributed by atoms with Crippen LogP contribution < -0.4 is 20.9 Å². The van der Waals surface area contributed by atoms with Crippen LogP contribution in [0.15, 0.2) is 57.9 Å². The molecule has 0 aliphatic carbocycles. The summed E-state index contributed by atoms with van der Waals surface area (Å²) in [5.41, 5.74) is 1.34. The summed E-state index contributed by atoms with van der Waals surface area (Å²) in [5, 5.41) is 5.87. The maximum atomic E-state index is 12.9. The van der Waals surface area contributed by atoms with E-state index in [-0.39, 0.29) is 25.6 Å². The normalized spacial score (nSPS) is 11.4. The Morgan fingerprint density at radius 3 is 2.61 bits per heavy atom. The van der Waals surface area contributed by atoms with Crippen LogP contribution in [0.1, 0.15) is 0 Å². The van der Waals surface area contributed by atoms with Gasteiger partial charge in [0.15, 0.2) is 0 Å². The molecule has 0 saturated carbocycles. The molecule has 0 spiro atoms. The van der Waals surface area contributed by atoms with Crippen LogP contribution in [-0.2, 0) is 10.0 Å². The van der Waals surface area contributed by atoms with Crippen molar-refractivity contribution in [1.29, 1.82) is 0 Å². The van der Waals surface area contributed by atoms with Gasteiger partial charge in [-0.3, -0.25) is 9.36 Å². The molecule has 0 aliphatic rings. The predicted octanol–water partition coefficient (Wildman–Crippen LogP) is 3.65. The van der Waals surface area contributed by atoms with Crippen molar-refractivity contribution in [2.24, 2.45) is 0 Å². The van der Waals surface area contributed by atoms with Crippen LogP contribution in [0, 0.1) is 3.57 Å². The number of amides is 2. The lowest BCUT2D eigenvalue weighted by Crippen LogP contribution is -2.34. The number of urea groups is 1. The van der Waals surface area contributed by atoms with Gasteiger partial charge < -0.3 is 10.6 Å². The summed E-state index contributed by atoms with van der Waals surface area (Å²) in [7, 11) is -2.26. The standard InChI is InChI=1S/C19H14ClIN6O4S2/c1-22-14-7-13-11(6-12(14)21)18(28)27(9-24-13)16-4-2-10(8-23-16)25-19(29)26-33(30,31)17-5-3-15(20)32-17/h2-9,22H,1H3,(H2,25,26,29). The highest BCUT2D eigenvalue weighted by atomic mass is 127. The first-order valence-corrected chi connectivity index (χ1v) is 12.9. The molecule has 3 N–H and O–H groups in total. The monoisotopic (exact) mass is 616 g/mol. The topological polar surface area (TPSA) is 135 Å². The lowest BCUT2D eigenvalue weighted by Gasteiger charge is -2.10. The third-order valence-corrected chi connectivity index (χ3v) is 8.36. The summed E-state index contributed by atoms with van der Waals surface area (Å²) in [6.45, 7) is 0.